The number of carbonyl (C=O) groups excluding carboxylic acids is 2. The molecule has 0 spiro atoms. The first-order valence-electron chi connectivity index (χ1n) is 5.93. The van der Waals surface area contributed by atoms with Crippen LogP contribution in [-0.2, 0) is 9.59 Å². The largest absolute Gasteiger partial charge is 0.342 e. The van der Waals surface area contributed by atoms with Crippen molar-refractivity contribution in [2.75, 3.05) is 26.7 Å². The van der Waals surface area contributed by atoms with Gasteiger partial charge in [0.15, 0.2) is 0 Å². The van der Waals surface area contributed by atoms with E-state index in [4.69, 9.17) is 0 Å². The van der Waals surface area contributed by atoms with Crippen LogP contribution in [0.2, 0.25) is 0 Å². The van der Waals surface area contributed by atoms with Gasteiger partial charge in [0.2, 0.25) is 11.8 Å². The Bertz CT molecular complexity index is 468. The van der Waals surface area contributed by atoms with Gasteiger partial charge < -0.3 is 9.80 Å². The van der Waals surface area contributed by atoms with Gasteiger partial charge in [0.25, 0.3) is 0 Å². The number of piperazine rings is 1. The van der Waals surface area contributed by atoms with Gasteiger partial charge in [-0.2, -0.15) is 0 Å². The van der Waals surface area contributed by atoms with Crippen molar-refractivity contribution in [3.8, 4) is 0 Å². The van der Waals surface area contributed by atoms with Crippen LogP contribution >= 0.6 is 0 Å². The number of nitrogens with zero attached hydrogens (tertiary/aromatic N) is 2. The van der Waals surface area contributed by atoms with Crippen molar-refractivity contribution in [3.63, 3.8) is 0 Å². The molecule has 0 aromatic heterocycles. The van der Waals surface area contributed by atoms with E-state index in [2.05, 4.69) is 0 Å². The molecule has 4 heteroatoms. The molecule has 18 heavy (non-hydrogen) atoms. The zero-order valence-corrected chi connectivity index (χ0v) is 10.4. The molecule has 1 fully saturated rings. The predicted octanol–water partition coefficient (Wildman–Crippen LogP) is 1.00. The van der Waals surface area contributed by atoms with Crippen molar-refractivity contribution in [1.82, 2.24) is 9.80 Å². The van der Waals surface area contributed by atoms with Crippen LogP contribution in [0.25, 0.3) is 6.08 Å². The molecule has 0 N–H and O–H groups in total. The van der Waals surface area contributed by atoms with Crippen molar-refractivity contribution in [2.45, 2.75) is 0 Å². The van der Waals surface area contributed by atoms with Crippen LogP contribution in [-0.4, -0.2) is 48.3 Å². The first-order valence-corrected chi connectivity index (χ1v) is 5.93. The summed E-state index contributed by atoms with van der Waals surface area (Å²) in [6, 6.07) is 9.63. The van der Waals surface area contributed by atoms with Crippen molar-refractivity contribution in [2.24, 2.45) is 0 Å². The summed E-state index contributed by atoms with van der Waals surface area (Å²) in [6.45, 7) is 1.37. The second kappa shape index (κ2) is 5.49. The maximum atomic E-state index is 11.9. The molecule has 1 aliphatic rings. The van der Waals surface area contributed by atoms with Gasteiger partial charge in [0.1, 0.15) is 6.54 Å². The van der Waals surface area contributed by atoms with Crippen LogP contribution in [0, 0.1) is 0 Å². The zero-order valence-electron chi connectivity index (χ0n) is 10.4. The van der Waals surface area contributed by atoms with Gasteiger partial charge in [-0.15, -0.1) is 0 Å². The summed E-state index contributed by atoms with van der Waals surface area (Å²) < 4.78 is 0. The van der Waals surface area contributed by atoms with Crippen LogP contribution < -0.4 is 0 Å². The van der Waals surface area contributed by atoms with Gasteiger partial charge in [0.05, 0.1) is 0 Å². The van der Waals surface area contributed by atoms with E-state index < -0.39 is 0 Å². The molecule has 2 rings (SSSR count). The molecular formula is C14H16N2O2. The third-order valence-electron chi connectivity index (χ3n) is 2.99. The van der Waals surface area contributed by atoms with Crippen molar-refractivity contribution in [3.05, 3.63) is 42.0 Å². The summed E-state index contributed by atoms with van der Waals surface area (Å²) in [7, 11) is 1.75. The number of rotatable bonds is 2. The van der Waals surface area contributed by atoms with E-state index in [1.807, 2.05) is 30.3 Å². The van der Waals surface area contributed by atoms with Gasteiger partial charge in [-0.3, -0.25) is 9.59 Å². The number of hydrogen-bond acceptors (Lipinski definition) is 2. The van der Waals surface area contributed by atoms with E-state index in [1.165, 1.54) is 6.08 Å². The molecule has 0 aliphatic carbocycles. The average molecular weight is 244 g/mol. The Morgan fingerprint density at radius 3 is 2.61 bits per heavy atom. The molecule has 1 saturated heterocycles. The molecular weight excluding hydrogens is 228 g/mol. The minimum absolute atomic E-state index is 0.0114. The molecule has 0 unspecified atom stereocenters. The molecule has 1 aliphatic heterocycles. The monoisotopic (exact) mass is 244 g/mol. The molecule has 1 aromatic rings. The lowest BCUT2D eigenvalue weighted by Crippen LogP contribution is -2.50. The SMILES string of the molecule is CN1CCN(C(=O)/C=C/c2ccccc2)CC1=O. The van der Waals surface area contributed by atoms with Crippen molar-refractivity contribution in [1.29, 1.82) is 0 Å². The first-order chi connectivity index (χ1) is 8.66. The summed E-state index contributed by atoms with van der Waals surface area (Å²) in [5.74, 6) is -0.122. The normalized spacial score (nSPS) is 16.4. The van der Waals surface area contributed by atoms with E-state index >= 15 is 0 Å². The topological polar surface area (TPSA) is 40.6 Å². The van der Waals surface area contributed by atoms with Crippen LogP contribution in [0.1, 0.15) is 5.56 Å². The second-order valence-electron chi connectivity index (χ2n) is 4.32. The van der Waals surface area contributed by atoms with Gasteiger partial charge >= 0.3 is 0 Å². The third kappa shape index (κ3) is 2.97. The fourth-order valence-electron chi connectivity index (χ4n) is 1.78. The second-order valence-corrected chi connectivity index (χ2v) is 4.32. The lowest BCUT2D eigenvalue weighted by atomic mass is 10.2. The Balaban J connectivity index is 1.96. The van der Waals surface area contributed by atoms with Crippen LogP contribution in [0.4, 0.5) is 0 Å². The highest BCUT2D eigenvalue weighted by Crippen LogP contribution is 2.05. The fraction of sp³-hybridized carbons (Fsp3) is 0.286. The smallest absolute Gasteiger partial charge is 0.247 e. The van der Waals surface area contributed by atoms with Gasteiger partial charge in [0, 0.05) is 26.2 Å². The summed E-state index contributed by atoms with van der Waals surface area (Å²) in [6.07, 6.45) is 3.29. The molecule has 2 amide bonds. The molecule has 0 bridgehead atoms. The third-order valence-corrected chi connectivity index (χ3v) is 2.99. The van der Waals surface area contributed by atoms with Gasteiger partial charge in [-0.25, -0.2) is 0 Å². The lowest BCUT2D eigenvalue weighted by Gasteiger charge is -2.31. The van der Waals surface area contributed by atoms with Crippen LogP contribution in [0.3, 0.4) is 0 Å². The summed E-state index contributed by atoms with van der Waals surface area (Å²) in [5.41, 5.74) is 0.978. The molecule has 94 valence electrons. The zero-order chi connectivity index (χ0) is 13.0. The predicted molar refractivity (Wildman–Crippen MR) is 69.7 cm³/mol. The minimum atomic E-state index is -0.111. The van der Waals surface area contributed by atoms with Crippen LogP contribution in [0.5, 0.6) is 0 Å². The van der Waals surface area contributed by atoms with E-state index in [-0.39, 0.29) is 18.4 Å². The molecule has 0 saturated carbocycles. The highest BCUT2D eigenvalue weighted by atomic mass is 16.2. The fourth-order valence-corrected chi connectivity index (χ4v) is 1.78. The summed E-state index contributed by atoms with van der Waals surface area (Å²) in [5, 5.41) is 0. The van der Waals surface area contributed by atoms with E-state index in [1.54, 1.807) is 22.9 Å². The molecule has 1 heterocycles. The van der Waals surface area contributed by atoms with E-state index in [9.17, 15) is 9.59 Å². The summed E-state index contributed by atoms with van der Waals surface area (Å²) >= 11 is 0. The maximum absolute atomic E-state index is 11.9. The lowest BCUT2D eigenvalue weighted by molar-refractivity contribution is -0.141. The van der Waals surface area contributed by atoms with Gasteiger partial charge in [-0.1, -0.05) is 30.3 Å². The Hall–Kier alpha value is -2.10. The standard InChI is InChI=1S/C14H16N2O2/c1-15-9-10-16(11-14(15)18)13(17)8-7-12-5-3-2-4-6-12/h2-8H,9-11H2,1H3/b8-7+. The van der Waals surface area contributed by atoms with Crippen LogP contribution in [0.15, 0.2) is 36.4 Å². The highest BCUT2D eigenvalue weighted by Gasteiger charge is 2.23. The Morgan fingerprint density at radius 2 is 1.94 bits per heavy atom. The Morgan fingerprint density at radius 1 is 1.22 bits per heavy atom. The first kappa shape index (κ1) is 12.4. The molecule has 4 nitrogen and oxygen atoms in total. The van der Waals surface area contributed by atoms with Crippen molar-refractivity contribution < 1.29 is 9.59 Å². The summed E-state index contributed by atoms with van der Waals surface area (Å²) in [4.78, 5) is 26.6. The maximum Gasteiger partial charge on any atom is 0.247 e. The number of likely N-dealkylation sites (N-methyl/N-ethyl adjacent to an activating group) is 1. The molecule has 0 atom stereocenters. The number of benzene rings is 1. The van der Waals surface area contributed by atoms with Crippen molar-refractivity contribution >= 4 is 17.9 Å². The van der Waals surface area contributed by atoms with E-state index in [0.29, 0.717) is 13.1 Å². The Kier molecular flexibility index (Phi) is 3.77. The van der Waals surface area contributed by atoms with Gasteiger partial charge in [-0.05, 0) is 11.6 Å². The molecule has 0 radical (unpaired) electrons. The quantitative estimate of drug-likeness (QED) is 0.728. The number of hydrogen-bond donors (Lipinski definition) is 0. The minimum Gasteiger partial charge on any atom is -0.342 e. The highest BCUT2D eigenvalue weighted by molar-refractivity contribution is 5.94. The Labute approximate surface area is 106 Å². The number of carbonyl (C=O) groups is 2. The average Bonchev–Trinajstić information content (AvgIpc) is 2.40. The number of amides is 2. The molecule has 1 aromatic carbocycles. The van der Waals surface area contributed by atoms with E-state index in [0.717, 1.165) is 5.56 Å².